The Labute approximate surface area is 201 Å². The maximum absolute atomic E-state index is 12.8. The Balaban J connectivity index is 1.67. The second-order valence-corrected chi connectivity index (χ2v) is 10.9. The fourth-order valence-electron chi connectivity index (χ4n) is 4.77. The van der Waals surface area contributed by atoms with E-state index in [1.54, 1.807) is 24.7 Å². The number of hydrogen-bond acceptors (Lipinski definition) is 8. The number of nitriles is 1. The van der Waals surface area contributed by atoms with E-state index in [4.69, 9.17) is 9.72 Å². The van der Waals surface area contributed by atoms with Gasteiger partial charge in [0.15, 0.2) is 0 Å². The van der Waals surface area contributed by atoms with Gasteiger partial charge in [0.25, 0.3) is 0 Å². The molecular weight excluding hydrogens is 430 g/mol. The first kappa shape index (κ1) is 23.7. The van der Waals surface area contributed by atoms with Gasteiger partial charge in [-0.3, -0.25) is 0 Å². The van der Waals surface area contributed by atoms with Crippen LogP contribution in [-0.2, 0) is 10.2 Å². The number of piperazine rings is 1. The molecule has 2 aliphatic heterocycles. The van der Waals surface area contributed by atoms with E-state index < -0.39 is 5.60 Å². The van der Waals surface area contributed by atoms with Crippen molar-refractivity contribution in [2.75, 3.05) is 29.4 Å². The van der Waals surface area contributed by atoms with Crippen LogP contribution in [0.5, 0.6) is 0 Å². The van der Waals surface area contributed by atoms with Crippen LogP contribution in [0, 0.1) is 11.3 Å². The standard InChI is InChI=1S/C25H33N7O2/c1-16-13-31(23(33)34-24(3,4)5)17(2)12-30(16)21-20-22(29-15-28-21)32(14-25(20,6)7)19-10-18(11-26)8-9-27-19/h8-10,15-17H,12-14H2,1-7H3/t16-,17+/m0/s1. The normalized spacial score (nSPS) is 21.8. The number of rotatable bonds is 2. The molecule has 0 saturated carbocycles. The van der Waals surface area contributed by atoms with Gasteiger partial charge in [0.05, 0.1) is 11.6 Å². The second-order valence-electron chi connectivity index (χ2n) is 10.9. The number of pyridine rings is 1. The molecule has 1 saturated heterocycles. The van der Waals surface area contributed by atoms with Crippen LogP contribution in [0.1, 0.15) is 59.6 Å². The molecule has 4 heterocycles. The van der Waals surface area contributed by atoms with Gasteiger partial charge in [0.2, 0.25) is 0 Å². The summed E-state index contributed by atoms with van der Waals surface area (Å²) < 4.78 is 5.63. The highest BCUT2D eigenvalue weighted by Gasteiger charge is 2.44. The summed E-state index contributed by atoms with van der Waals surface area (Å²) in [5.41, 5.74) is 0.853. The van der Waals surface area contributed by atoms with Gasteiger partial charge in [0.1, 0.15) is 29.4 Å². The number of amides is 1. The maximum Gasteiger partial charge on any atom is 0.410 e. The summed E-state index contributed by atoms with van der Waals surface area (Å²) in [5.74, 6) is 2.40. The zero-order valence-electron chi connectivity index (χ0n) is 21.0. The molecule has 0 radical (unpaired) electrons. The SMILES string of the molecule is C[C@@H]1CN(c2ncnc3c2C(C)(C)CN3c2cc(C#N)ccn2)[C@@H](C)CN1C(=O)OC(C)(C)C. The smallest absolute Gasteiger partial charge is 0.410 e. The third kappa shape index (κ3) is 4.37. The second kappa shape index (κ2) is 8.42. The fraction of sp³-hybridized carbons (Fsp3) is 0.560. The van der Waals surface area contributed by atoms with Gasteiger partial charge < -0.3 is 19.4 Å². The highest BCUT2D eigenvalue weighted by atomic mass is 16.6. The van der Waals surface area contributed by atoms with Gasteiger partial charge >= 0.3 is 6.09 Å². The van der Waals surface area contributed by atoms with Gasteiger partial charge in [-0.05, 0) is 46.8 Å². The van der Waals surface area contributed by atoms with Gasteiger partial charge in [-0.25, -0.2) is 19.7 Å². The van der Waals surface area contributed by atoms with E-state index in [0.29, 0.717) is 31.0 Å². The molecule has 2 aromatic heterocycles. The molecule has 9 heteroatoms. The third-order valence-electron chi connectivity index (χ3n) is 6.33. The van der Waals surface area contributed by atoms with Crippen LogP contribution >= 0.6 is 0 Å². The van der Waals surface area contributed by atoms with Gasteiger partial charge in [-0.2, -0.15) is 5.26 Å². The zero-order chi connectivity index (χ0) is 24.8. The van der Waals surface area contributed by atoms with E-state index in [2.05, 4.69) is 46.6 Å². The first-order valence-corrected chi connectivity index (χ1v) is 11.7. The number of ether oxygens (including phenoxy) is 1. The quantitative estimate of drug-likeness (QED) is 0.659. The van der Waals surface area contributed by atoms with Crippen molar-refractivity contribution in [3.05, 3.63) is 35.8 Å². The Bertz CT molecular complexity index is 1130. The molecule has 0 bridgehead atoms. The van der Waals surface area contributed by atoms with Crippen molar-refractivity contribution >= 4 is 23.5 Å². The largest absolute Gasteiger partial charge is 0.444 e. The molecule has 0 unspecified atom stereocenters. The summed E-state index contributed by atoms with van der Waals surface area (Å²) in [4.78, 5) is 32.8. The third-order valence-corrected chi connectivity index (χ3v) is 6.33. The minimum atomic E-state index is -0.533. The molecule has 0 spiro atoms. The molecule has 2 atom stereocenters. The van der Waals surface area contributed by atoms with Crippen LogP contribution in [0.25, 0.3) is 0 Å². The van der Waals surface area contributed by atoms with Crippen molar-refractivity contribution in [2.45, 2.75) is 71.6 Å². The predicted octanol–water partition coefficient (Wildman–Crippen LogP) is 4.01. The van der Waals surface area contributed by atoms with Crippen molar-refractivity contribution in [3.63, 3.8) is 0 Å². The van der Waals surface area contributed by atoms with Crippen LogP contribution in [0.2, 0.25) is 0 Å². The van der Waals surface area contributed by atoms with Crippen molar-refractivity contribution in [1.82, 2.24) is 19.9 Å². The molecule has 2 aromatic rings. The van der Waals surface area contributed by atoms with Crippen molar-refractivity contribution < 1.29 is 9.53 Å². The van der Waals surface area contributed by atoms with E-state index in [9.17, 15) is 10.1 Å². The summed E-state index contributed by atoms with van der Waals surface area (Å²) in [7, 11) is 0. The fourth-order valence-corrected chi connectivity index (χ4v) is 4.77. The van der Waals surface area contributed by atoms with Gasteiger partial charge in [-0.1, -0.05) is 13.8 Å². The molecule has 2 aliphatic rings. The Morgan fingerprint density at radius 3 is 2.53 bits per heavy atom. The lowest BCUT2D eigenvalue weighted by atomic mass is 9.87. The van der Waals surface area contributed by atoms with Crippen molar-refractivity contribution in [3.8, 4) is 6.07 Å². The summed E-state index contributed by atoms with van der Waals surface area (Å²) in [6.45, 7) is 16.0. The number of nitrogens with zero attached hydrogens (tertiary/aromatic N) is 7. The maximum atomic E-state index is 12.8. The first-order valence-electron chi connectivity index (χ1n) is 11.7. The number of anilines is 3. The Kier molecular flexibility index (Phi) is 5.88. The lowest BCUT2D eigenvalue weighted by Gasteiger charge is -2.45. The van der Waals surface area contributed by atoms with Crippen LogP contribution in [0.15, 0.2) is 24.7 Å². The summed E-state index contributed by atoms with van der Waals surface area (Å²) >= 11 is 0. The molecule has 1 fully saturated rings. The van der Waals surface area contributed by atoms with E-state index >= 15 is 0 Å². The molecule has 0 aromatic carbocycles. The first-order chi connectivity index (χ1) is 15.9. The minimum absolute atomic E-state index is 0.0359. The highest BCUT2D eigenvalue weighted by molar-refractivity contribution is 5.74. The zero-order valence-corrected chi connectivity index (χ0v) is 21.0. The molecule has 1 amide bonds. The summed E-state index contributed by atoms with van der Waals surface area (Å²) in [5, 5.41) is 9.33. The number of carbonyl (C=O) groups is 1. The van der Waals surface area contributed by atoms with Crippen molar-refractivity contribution in [2.24, 2.45) is 0 Å². The van der Waals surface area contributed by atoms with E-state index in [0.717, 1.165) is 17.2 Å². The van der Waals surface area contributed by atoms with Gasteiger partial charge in [-0.15, -0.1) is 0 Å². The highest BCUT2D eigenvalue weighted by Crippen LogP contribution is 2.46. The van der Waals surface area contributed by atoms with Crippen LogP contribution < -0.4 is 9.80 Å². The van der Waals surface area contributed by atoms with E-state index in [1.807, 2.05) is 32.6 Å². The van der Waals surface area contributed by atoms with Crippen LogP contribution in [-0.4, -0.2) is 63.3 Å². The van der Waals surface area contributed by atoms with E-state index in [-0.39, 0.29) is 23.6 Å². The molecule has 4 rings (SSSR count). The monoisotopic (exact) mass is 463 g/mol. The number of fused-ring (bicyclic) bond motifs is 1. The van der Waals surface area contributed by atoms with Crippen LogP contribution in [0.4, 0.5) is 22.2 Å². The molecule has 180 valence electrons. The lowest BCUT2D eigenvalue weighted by Crippen LogP contribution is -2.59. The molecule has 34 heavy (non-hydrogen) atoms. The summed E-state index contributed by atoms with van der Waals surface area (Å²) in [6.07, 6.45) is 2.96. The minimum Gasteiger partial charge on any atom is -0.444 e. The van der Waals surface area contributed by atoms with E-state index in [1.165, 1.54) is 0 Å². The predicted molar refractivity (Wildman–Crippen MR) is 130 cm³/mol. The Morgan fingerprint density at radius 1 is 1.15 bits per heavy atom. The lowest BCUT2D eigenvalue weighted by molar-refractivity contribution is 0.0129. The topological polar surface area (TPSA) is 98.5 Å². The molecular formula is C25H33N7O2. The Hall–Kier alpha value is -3.41. The van der Waals surface area contributed by atoms with Gasteiger partial charge in [0, 0.05) is 48.9 Å². The average Bonchev–Trinajstić information content (AvgIpc) is 3.05. The summed E-state index contributed by atoms with van der Waals surface area (Å²) in [6, 6.07) is 5.69. The number of aromatic nitrogens is 3. The van der Waals surface area contributed by atoms with Crippen LogP contribution in [0.3, 0.4) is 0 Å². The average molecular weight is 464 g/mol. The Morgan fingerprint density at radius 2 is 1.85 bits per heavy atom. The number of hydrogen-bond donors (Lipinski definition) is 0. The molecule has 0 aliphatic carbocycles. The van der Waals surface area contributed by atoms with Crippen molar-refractivity contribution in [1.29, 1.82) is 5.26 Å². The molecule has 9 nitrogen and oxygen atoms in total. The number of carbonyl (C=O) groups excluding carboxylic acids is 1. The molecule has 0 N–H and O–H groups in total.